The van der Waals surface area contributed by atoms with Gasteiger partial charge in [0.2, 0.25) is 0 Å². The number of hydrogen-bond donors (Lipinski definition) is 2. The van der Waals surface area contributed by atoms with Crippen LogP contribution < -0.4 is 16.0 Å². The maximum atomic E-state index is 5.75. The van der Waals surface area contributed by atoms with Crippen LogP contribution in [0, 0.1) is 0 Å². The first-order valence-corrected chi connectivity index (χ1v) is 7.04. The summed E-state index contributed by atoms with van der Waals surface area (Å²) in [4.78, 5) is 0. The molecule has 2 atom stereocenters. The maximum Gasteiger partial charge on any atom is 0.119 e. The summed E-state index contributed by atoms with van der Waals surface area (Å²) < 4.78 is 11.3. The number of hydrogen-bond acceptors (Lipinski definition) is 4. The SMILES string of the molecule is CCCC(OC)C(NN)c1ccc(OC2CC2)cc1. The zero-order valence-electron chi connectivity index (χ0n) is 11.8. The van der Waals surface area contributed by atoms with Gasteiger partial charge in [0.15, 0.2) is 0 Å². The van der Waals surface area contributed by atoms with Gasteiger partial charge in [-0.05, 0) is 37.0 Å². The third kappa shape index (κ3) is 3.93. The number of ether oxygens (including phenoxy) is 2. The van der Waals surface area contributed by atoms with Gasteiger partial charge >= 0.3 is 0 Å². The smallest absolute Gasteiger partial charge is 0.119 e. The number of nitrogens with two attached hydrogens (primary N) is 1. The van der Waals surface area contributed by atoms with Gasteiger partial charge in [0.25, 0.3) is 0 Å². The molecule has 0 heterocycles. The van der Waals surface area contributed by atoms with Crippen LogP contribution in [0.2, 0.25) is 0 Å². The summed E-state index contributed by atoms with van der Waals surface area (Å²) in [7, 11) is 1.73. The second-order valence-electron chi connectivity index (χ2n) is 5.09. The van der Waals surface area contributed by atoms with Gasteiger partial charge in [0, 0.05) is 7.11 Å². The first-order valence-electron chi connectivity index (χ1n) is 7.04. The van der Waals surface area contributed by atoms with Crippen molar-refractivity contribution in [1.82, 2.24) is 5.43 Å². The average Bonchev–Trinajstić information content (AvgIpc) is 3.24. The van der Waals surface area contributed by atoms with E-state index in [1.54, 1.807) is 7.11 Å². The first-order chi connectivity index (χ1) is 9.28. The summed E-state index contributed by atoms with van der Waals surface area (Å²) in [6.45, 7) is 2.15. The molecule has 4 heteroatoms. The molecule has 0 spiro atoms. The highest BCUT2D eigenvalue weighted by Gasteiger charge is 2.24. The minimum absolute atomic E-state index is 0.0138. The molecular weight excluding hydrogens is 240 g/mol. The van der Waals surface area contributed by atoms with Crippen molar-refractivity contribution in [3.8, 4) is 5.75 Å². The van der Waals surface area contributed by atoms with Gasteiger partial charge in [-0.3, -0.25) is 11.3 Å². The lowest BCUT2D eigenvalue weighted by molar-refractivity contribution is 0.0606. The Balaban J connectivity index is 2.03. The first kappa shape index (κ1) is 14.3. The number of rotatable bonds is 8. The normalized spacial score (nSPS) is 18.1. The molecule has 1 aliphatic carbocycles. The predicted octanol–water partition coefficient (Wildman–Crippen LogP) is 2.55. The standard InChI is InChI=1S/C15H24N2O2/c1-3-4-14(18-2)15(17-16)11-5-7-12(8-6-11)19-13-9-10-13/h5-8,13-15,17H,3-4,9-10,16H2,1-2H3. The number of methoxy groups -OCH3 is 1. The highest BCUT2D eigenvalue weighted by atomic mass is 16.5. The van der Waals surface area contributed by atoms with Crippen molar-refractivity contribution in [3.63, 3.8) is 0 Å². The summed E-state index contributed by atoms with van der Waals surface area (Å²) in [5.41, 5.74) is 3.99. The molecule has 2 unspecified atom stereocenters. The fraction of sp³-hybridized carbons (Fsp3) is 0.600. The van der Waals surface area contributed by atoms with Crippen LogP contribution in [0.1, 0.15) is 44.2 Å². The van der Waals surface area contributed by atoms with E-state index in [0.717, 1.165) is 24.2 Å². The second kappa shape index (κ2) is 6.89. The Kier molecular flexibility index (Phi) is 5.19. The predicted molar refractivity (Wildman–Crippen MR) is 75.9 cm³/mol. The van der Waals surface area contributed by atoms with Gasteiger partial charge in [-0.1, -0.05) is 25.5 Å². The van der Waals surface area contributed by atoms with Gasteiger partial charge in [-0.2, -0.15) is 0 Å². The van der Waals surface area contributed by atoms with Crippen LogP contribution in [0.15, 0.2) is 24.3 Å². The fourth-order valence-corrected chi connectivity index (χ4v) is 2.26. The topological polar surface area (TPSA) is 56.5 Å². The van der Waals surface area contributed by atoms with Gasteiger partial charge in [0.1, 0.15) is 5.75 Å². The van der Waals surface area contributed by atoms with Crippen LogP contribution >= 0.6 is 0 Å². The van der Waals surface area contributed by atoms with Crippen molar-refractivity contribution in [2.45, 2.75) is 50.9 Å². The third-order valence-electron chi connectivity index (χ3n) is 3.49. The van der Waals surface area contributed by atoms with Gasteiger partial charge in [0.05, 0.1) is 18.2 Å². The highest BCUT2D eigenvalue weighted by Crippen LogP contribution is 2.28. The fourth-order valence-electron chi connectivity index (χ4n) is 2.26. The molecule has 4 nitrogen and oxygen atoms in total. The molecule has 3 N–H and O–H groups in total. The van der Waals surface area contributed by atoms with E-state index >= 15 is 0 Å². The summed E-state index contributed by atoms with van der Waals surface area (Å²) >= 11 is 0. The molecule has 1 aromatic rings. The Morgan fingerprint density at radius 2 is 2.00 bits per heavy atom. The average molecular weight is 264 g/mol. The molecule has 1 aliphatic rings. The van der Waals surface area contributed by atoms with Crippen LogP contribution in [0.3, 0.4) is 0 Å². The van der Waals surface area contributed by atoms with Crippen LogP contribution in [0.4, 0.5) is 0 Å². The minimum atomic E-state index is 0.0138. The highest BCUT2D eigenvalue weighted by molar-refractivity contribution is 5.30. The molecule has 1 saturated carbocycles. The monoisotopic (exact) mass is 264 g/mol. The number of nitrogens with one attached hydrogen (secondary N) is 1. The van der Waals surface area contributed by atoms with Crippen LogP contribution in [-0.2, 0) is 4.74 Å². The summed E-state index contributed by atoms with van der Waals surface area (Å²) in [5.74, 6) is 6.62. The third-order valence-corrected chi connectivity index (χ3v) is 3.49. The molecule has 0 bridgehead atoms. The summed E-state index contributed by atoms with van der Waals surface area (Å²) in [6, 6.07) is 8.15. The van der Waals surface area contributed by atoms with Crippen molar-refractivity contribution in [3.05, 3.63) is 29.8 Å². The van der Waals surface area contributed by atoms with Crippen molar-refractivity contribution >= 4 is 0 Å². The molecule has 1 fully saturated rings. The van der Waals surface area contributed by atoms with E-state index in [9.17, 15) is 0 Å². The molecule has 106 valence electrons. The van der Waals surface area contributed by atoms with Gasteiger partial charge in [-0.15, -0.1) is 0 Å². The van der Waals surface area contributed by atoms with E-state index in [4.69, 9.17) is 15.3 Å². The lowest BCUT2D eigenvalue weighted by atomic mass is 9.98. The molecule has 0 saturated heterocycles. The van der Waals surface area contributed by atoms with E-state index in [2.05, 4.69) is 24.5 Å². The number of hydrazine groups is 1. The molecule has 0 radical (unpaired) electrons. The van der Waals surface area contributed by atoms with Crippen LogP contribution in [0.5, 0.6) is 5.75 Å². The zero-order chi connectivity index (χ0) is 13.7. The Bertz CT molecular complexity index is 376. The largest absolute Gasteiger partial charge is 0.490 e. The van der Waals surface area contributed by atoms with Crippen molar-refractivity contribution in [1.29, 1.82) is 0 Å². The molecule has 2 rings (SSSR count). The lowest BCUT2D eigenvalue weighted by Gasteiger charge is -2.25. The summed E-state index contributed by atoms with van der Waals surface area (Å²) in [5, 5.41) is 0. The van der Waals surface area contributed by atoms with Crippen LogP contribution in [-0.4, -0.2) is 19.3 Å². The lowest BCUT2D eigenvalue weighted by Crippen LogP contribution is -2.37. The zero-order valence-corrected chi connectivity index (χ0v) is 11.8. The Morgan fingerprint density at radius 3 is 2.47 bits per heavy atom. The quantitative estimate of drug-likeness (QED) is 0.559. The van der Waals surface area contributed by atoms with Gasteiger partial charge < -0.3 is 9.47 Å². The Morgan fingerprint density at radius 1 is 1.32 bits per heavy atom. The molecule has 1 aromatic carbocycles. The van der Waals surface area contributed by atoms with Crippen LogP contribution in [0.25, 0.3) is 0 Å². The van der Waals surface area contributed by atoms with Crippen molar-refractivity contribution in [2.75, 3.05) is 7.11 Å². The molecule has 0 aliphatic heterocycles. The van der Waals surface area contributed by atoms with E-state index in [-0.39, 0.29) is 12.1 Å². The molecule has 0 amide bonds. The molecule has 0 aromatic heterocycles. The van der Waals surface area contributed by atoms with E-state index in [1.165, 1.54) is 12.8 Å². The Labute approximate surface area is 115 Å². The summed E-state index contributed by atoms with van der Waals surface area (Å²) in [6.07, 6.45) is 4.92. The van der Waals surface area contributed by atoms with E-state index in [0.29, 0.717) is 6.10 Å². The van der Waals surface area contributed by atoms with E-state index in [1.807, 2.05) is 12.1 Å². The molecule has 19 heavy (non-hydrogen) atoms. The number of benzene rings is 1. The Hall–Kier alpha value is -1.10. The van der Waals surface area contributed by atoms with Crippen molar-refractivity contribution in [2.24, 2.45) is 5.84 Å². The van der Waals surface area contributed by atoms with Crippen molar-refractivity contribution < 1.29 is 9.47 Å². The molecular formula is C15H24N2O2. The van der Waals surface area contributed by atoms with E-state index < -0.39 is 0 Å². The van der Waals surface area contributed by atoms with Gasteiger partial charge in [-0.25, -0.2) is 0 Å². The minimum Gasteiger partial charge on any atom is -0.490 e. The maximum absolute atomic E-state index is 5.75. The second-order valence-corrected chi connectivity index (χ2v) is 5.09.